The molecule has 0 atom stereocenters. The molecule has 2 aromatic heterocycles. The zero-order valence-corrected chi connectivity index (χ0v) is 12.9. The largest absolute Gasteiger partial charge is 0.409 e. The first-order valence-corrected chi connectivity index (χ1v) is 6.92. The number of rotatable bonds is 3. The van der Waals surface area contributed by atoms with Crippen molar-refractivity contribution < 1.29 is 4.42 Å². The van der Waals surface area contributed by atoms with E-state index >= 15 is 0 Å². The third-order valence-corrected chi connectivity index (χ3v) is 3.02. The van der Waals surface area contributed by atoms with E-state index in [2.05, 4.69) is 15.3 Å². The van der Waals surface area contributed by atoms with E-state index < -0.39 is 0 Å². The third kappa shape index (κ3) is 2.87. The number of H-pyrrole nitrogens is 1. The summed E-state index contributed by atoms with van der Waals surface area (Å²) < 4.78 is 6.72. The fourth-order valence-electron chi connectivity index (χ4n) is 1.77. The van der Waals surface area contributed by atoms with Crippen LogP contribution in [0.15, 0.2) is 15.3 Å². The standard InChI is InChI=1S/C13H18N4O2S/c1-5-6-17-11(18)8(10-14-15-12(20)19-10)7-9(16-17)13(2,3)4/h7H,5-6H2,1-4H3,(H,15,20). The van der Waals surface area contributed by atoms with Crippen LogP contribution in [0.2, 0.25) is 0 Å². The second kappa shape index (κ2) is 5.32. The minimum Gasteiger partial charge on any atom is -0.409 e. The topological polar surface area (TPSA) is 76.7 Å². The molecule has 20 heavy (non-hydrogen) atoms. The van der Waals surface area contributed by atoms with Gasteiger partial charge < -0.3 is 4.42 Å². The van der Waals surface area contributed by atoms with E-state index in [9.17, 15) is 4.79 Å². The summed E-state index contributed by atoms with van der Waals surface area (Å²) in [5, 5.41) is 10.9. The van der Waals surface area contributed by atoms with Crippen LogP contribution in [-0.4, -0.2) is 20.0 Å². The summed E-state index contributed by atoms with van der Waals surface area (Å²) in [6, 6.07) is 1.73. The third-order valence-electron chi connectivity index (χ3n) is 2.85. The first-order chi connectivity index (χ1) is 9.32. The summed E-state index contributed by atoms with van der Waals surface area (Å²) in [6.45, 7) is 8.68. The zero-order valence-electron chi connectivity index (χ0n) is 12.1. The molecule has 0 aliphatic heterocycles. The van der Waals surface area contributed by atoms with Gasteiger partial charge in [-0.25, -0.2) is 9.78 Å². The van der Waals surface area contributed by atoms with Crippen LogP contribution in [0.25, 0.3) is 11.5 Å². The molecular formula is C13H18N4O2S. The van der Waals surface area contributed by atoms with Crippen LogP contribution in [0.3, 0.4) is 0 Å². The van der Waals surface area contributed by atoms with Crippen LogP contribution < -0.4 is 5.56 Å². The summed E-state index contributed by atoms with van der Waals surface area (Å²) in [4.78, 5) is 12.5. The molecule has 1 N–H and O–H groups in total. The van der Waals surface area contributed by atoms with Gasteiger partial charge in [0, 0.05) is 12.0 Å². The molecule has 7 heteroatoms. The Morgan fingerprint density at radius 1 is 1.45 bits per heavy atom. The van der Waals surface area contributed by atoms with Crippen LogP contribution in [-0.2, 0) is 12.0 Å². The number of aromatic amines is 1. The maximum atomic E-state index is 12.4. The number of nitrogens with zero attached hydrogens (tertiary/aromatic N) is 3. The molecule has 0 saturated carbocycles. The van der Waals surface area contributed by atoms with Crippen molar-refractivity contribution in [1.29, 1.82) is 0 Å². The predicted octanol–water partition coefficient (Wildman–Crippen LogP) is 2.66. The molecule has 2 rings (SSSR count). The molecule has 0 aromatic carbocycles. The maximum absolute atomic E-state index is 12.4. The lowest BCUT2D eigenvalue weighted by molar-refractivity contribution is 0.493. The Labute approximate surface area is 121 Å². The molecule has 2 heterocycles. The molecule has 0 saturated heterocycles. The highest BCUT2D eigenvalue weighted by molar-refractivity contribution is 7.71. The monoisotopic (exact) mass is 294 g/mol. The predicted molar refractivity (Wildman–Crippen MR) is 78.2 cm³/mol. The van der Waals surface area contributed by atoms with Crippen molar-refractivity contribution in [2.75, 3.05) is 0 Å². The lowest BCUT2D eigenvalue weighted by Crippen LogP contribution is -2.29. The fourth-order valence-corrected chi connectivity index (χ4v) is 1.89. The molecule has 0 amide bonds. The van der Waals surface area contributed by atoms with E-state index in [0.29, 0.717) is 12.1 Å². The van der Waals surface area contributed by atoms with Gasteiger partial charge in [-0.1, -0.05) is 27.7 Å². The van der Waals surface area contributed by atoms with Crippen molar-refractivity contribution in [3.8, 4) is 11.5 Å². The van der Waals surface area contributed by atoms with Gasteiger partial charge in [-0.15, -0.1) is 5.10 Å². The van der Waals surface area contributed by atoms with E-state index in [0.717, 1.165) is 12.1 Å². The molecule has 0 radical (unpaired) electrons. The number of aromatic nitrogens is 4. The van der Waals surface area contributed by atoms with Gasteiger partial charge in [0.25, 0.3) is 16.3 Å². The van der Waals surface area contributed by atoms with Crippen LogP contribution >= 0.6 is 12.2 Å². The van der Waals surface area contributed by atoms with Gasteiger partial charge in [0.05, 0.1) is 5.69 Å². The zero-order chi connectivity index (χ0) is 14.9. The normalized spacial score (nSPS) is 11.8. The molecule has 0 aliphatic carbocycles. The first kappa shape index (κ1) is 14.6. The molecule has 0 spiro atoms. The molecule has 2 aromatic rings. The van der Waals surface area contributed by atoms with Gasteiger partial charge in [0.2, 0.25) is 0 Å². The minimum absolute atomic E-state index is 0.149. The molecule has 6 nitrogen and oxygen atoms in total. The van der Waals surface area contributed by atoms with Gasteiger partial charge in [0.1, 0.15) is 5.56 Å². The first-order valence-electron chi connectivity index (χ1n) is 6.51. The Morgan fingerprint density at radius 3 is 2.65 bits per heavy atom. The molecule has 108 valence electrons. The Bertz CT molecular complexity index is 721. The summed E-state index contributed by atoms with van der Waals surface area (Å²) in [7, 11) is 0. The van der Waals surface area contributed by atoms with Gasteiger partial charge in [-0.05, 0) is 24.7 Å². The number of aryl methyl sites for hydroxylation is 1. The highest BCUT2D eigenvalue weighted by Gasteiger charge is 2.21. The molecular weight excluding hydrogens is 276 g/mol. The summed E-state index contributed by atoms with van der Waals surface area (Å²) in [5.74, 6) is 0.206. The van der Waals surface area contributed by atoms with Gasteiger partial charge in [0.15, 0.2) is 0 Å². The average Bonchev–Trinajstić information content (AvgIpc) is 2.77. The van der Waals surface area contributed by atoms with Crippen molar-refractivity contribution >= 4 is 12.2 Å². The smallest absolute Gasteiger partial charge is 0.284 e. The van der Waals surface area contributed by atoms with Crippen molar-refractivity contribution in [3.63, 3.8) is 0 Å². The van der Waals surface area contributed by atoms with Crippen LogP contribution in [0, 0.1) is 4.84 Å². The van der Waals surface area contributed by atoms with Gasteiger partial charge in [-0.2, -0.15) is 5.10 Å². The summed E-state index contributed by atoms with van der Waals surface area (Å²) in [6.07, 6.45) is 0.823. The highest BCUT2D eigenvalue weighted by Crippen LogP contribution is 2.22. The molecule has 0 aliphatic rings. The number of hydrogen-bond acceptors (Lipinski definition) is 5. The van der Waals surface area contributed by atoms with Gasteiger partial charge in [-0.3, -0.25) is 4.79 Å². The Balaban J connectivity index is 2.69. The Hall–Kier alpha value is -1.76. The second-order valence-electron chi connectivity index (χ2n) is 5.64. The van der Waals surface area contributed by atoms with Crippen LogP contribution in [0.5, 0.6) is 0 Å². The van der Waals surface area contributed by atoms with E-state index in [1.165, 1.54) is 4.68 Å². The fraction of sp³-hybridized carbons (Fsp3) is 0.538. The highest BCUT2D eigenvalue weighted by atomic mass is 32.1. The summed E-state index contributed by atoms with van der Waals surface area (Å²) in [5.41, 5.74) is 0.797. The van der Waals surface area contributed by atoms with Gasteiger partial charge >= 0.3 is 0 Å². The quantitative estimate of drug-likeness (QED) is 0.881. The van der Waals surface area contributed by atoms with E-state index in [1.54, 1.807) is 6.07 Å². The average molecular weight is 294 g/mol. The Morgan fingerprint density at radius 2 is 2.15 bits per heavy atom. The van der Waals surface area contributed by atoms with Crippen molar-refractivity contribution in [2.24, 2.45) is 0 Å². The van der Waals surface area contributed by atoms with E-state index in [4.69, 9.17) is 16.6 Å². The summed E-state index contributed by atoms with van der Waals surface area (Å²) >= 11 is 4.86. The second-order valence-corrected chi connectivity index (χ2v) is 6.01. The minimum atomic E-state index is -0.217. The van der Waals surface area contributed by atoms with E-state index in [1.807, 2.05) is 27.7 Å². The van der Waals surface area contributed by atoms with Crippen molar-refractivity contribution in [2.45, 2.75) is 46.1 Å². The Kier molecular flexibility index (Phi) is 3.89. The molecule has 0 bridgehead atoms. The molecule has 0 unspecified atom stereocenters. The lowest BCUT2D eigenvalue weighted by Gasteiger charge is -2.19. The van der Waals surface area contributed by atoms with Crippen molar-refractivity contribution in [3.05, 3.63) is 27.0 Å². The number of hydrogen-bond donors (Lipinski definition) is 1. The van der Waals surface area contributed by atoms with Crippen LogP contribution in [0.4, 0.5) is 0 Å². The van der Waals surface area contributed by atoms with E-state index in [-0.39, 0.29) is 21.7 Å². The SMILES string of the molecule is CCCn1nc(C(C)(C)C)cc(-c2n[nH]c(=S)o2)c1=O. The van der Waals surface area contributed by atoms with Crippen LogP contribution in [0.1, 0.15) is 39.8 Å². The maximum Gasteiger partial charge on any atom is 0.284 e. The van der Waals surface area contributed by atoms with Crippen molar-refractivity contribution in [1.82, 2.24) is 20.0 Å². The lowest BCUT2D eigenvalue weighted by atomic mass is 9.91. The number of nitrogens with one attached hydrogen (secondary N) is 1. The molecule has 0 fully saturated rings.